The van der Waals surface area contributed by atoms with E-state index in [-0.39, 0.29) is 67.6 Å². The van der Waals surface area contributed by atoms with E-state index in [0.717, 1.165) is 22.9 Å². The number of carbonyl (C=O) groups excluding carboxylic acids is 1. The summed E-state index contributed by atoms with van der Waals surface area (Å²) in [5.74, 6) is -5.26. The smallest absolute Gasteiger partial charge is 0.419 e. The lowest BCUT2D eigenvalue weighted by molar-refractivity contribution is -0.140. The molecule has 3 aromatic rings. The number of alkyl halides is 7. The number of hydrogen-bond acceptors (Lipinski definition) is 4. The van der Waals surface area contributed by atoms with Crippen molar-refractivity contribution in [3.63, 3.8) is 0 Å². The molecule has 5 rings (SSSR count). The van der Waals surface area contributed by atoms with E-state index in [0.29, 0.717) is 43.4 Å². The Morgan fingerprint density at radius 2 is 1.57 bits per heavy atom. The van der Waals surface area contributed by atoms with Crippen molar-refractivity contribution in [2.45, 2.75) is 102 Å². The van der Waals surface area contributed by atoms with Gasteiger partial charge in [-0.05, 0) is 91.6 Å². The number of carboxylic acid groups (broad SMARTS) is 1. The number of pyridine rings is 1. The fraction of sp³-hybridized carbons (Fsp3) is 0.500. The van der Waals surface area contributed by atoms with Crippen LogP contribution < -0.4 is 10.9 Å². The molecule has 2 atom stereocenters. The van der Waals surface area contributed by atoms with E-state index in [1.54, 1.807) is 4.90 Å². The van der Waals surface area contributed by atoms with Gasteiger partial charge in [-0.3, -0.25) is 19.3 Å². The van der Waals surface area contributed by atoms with Crippen LogP contribution in [-0.2, 0) is 34.8 Å². The topological polar surface area (TPSA) is 91.6 Å². The summed E-state index contributed by atoms with van der Waals surface area (Å²) in [6, 6.07) is 0.636. The zero-order valence-electron chi connectivity index (χ0n) is 29.6. The highest BCUT2D eigenvalue weighted by molar-refractivity contribution is 5.82. The number of hydrogen-bond donors (Lipinski definition) is 2. The molecule has 294 valence electrons. The Labute approximate surface area is 305 Å². The quantitative estimate of drug-likeness (QED) is 0.246. The molecule has 1 saturated heterocycles. The highest BCUT2D eigenvalue weighted by Gasteiger charge is 2.41. The molecular formula is C38H40F9N3O4. The summed E-state index contributed by atoms with van der Waals surface area (Å²) in [6.45, 7) is 2.80. The van der Waals surface area contributed by atoms with Gasteiger partial charge in [0.15, 0.2) is 0 Å². The number of aliphatic carboxylic acids is 1. The standard InChI is InChI=1S/C38H40F9N3O4/c1-21-12-25(39)13-22-8-6-4-3-5-7-9-30(50-18-23(10-11-49-19-36(2,41)20-49)27(16-31(50)51)37(42,43)44)35(54)48-29(17-32(52)53)26-14-24(33(21)22)15-28(34(26)40)38(45,46)47/h12-16,18,29-30H,3-11,17,19-20H2,1-2H3,(H,48,54)(H,52,53)/t29-,30-/m0/s1. The molecule has 2 aliphatic heterocycles. The third-order valence-corrected chi connectivity index (χ3v) is 9.98. The maximum absolute atomic E-state index is 16.0. The van der Waals surface area contributed by atoms with Crippen molar-refractivity contribution in [2.75, 3.05) is 19.6 Å². The number of aryl methyl sites for hydroxylation is 2. The number of halogens is 9. The van der Waals surface area contributed by atoms with Crippen molar-refractivity contribution >= 4 is 11.9 Å². The van der Waals surface area contributed by atoms with Crippen molar-refractivity contribution in [3.8, 4) is 11.1 Å². The van der Waals surface area contributed by atoms with Crippen LogP contribution in [0.15, 0.2) is 41.3 Å². The summed E-state index contributed by atoms with van der Waals surface area (Å²) in [5, 5.41) is 12.1. The fourth-order valence-corrected chi connectivity index (χ4v) is 7.56. The van der Waals surface area contributed by atoms with Gasteiger partial charge in [0.05, 0.1) is 23.6 Å². The first-order chi connectivity index (χ1) is 25.1. The van der Waals surface area contributed by atoms with E-state index in [9.17, 15) is 54.6 Å². The molecule has 0 unspecified atom stereocenters. The molecule has 2 aliphatic rings. The van der Waals surface area contributed by atoms with Crippen molar-refractivity contribution < 1.29 is 54.2 Å². The van der Waals surface area contributed by atoms with Gasteiger partial charge in [0.25, 0.3) is 5.56 Å². The number of likely N-dealkylation sites (tertiary alicyclic amines) is 1. The maximum Gasteiger partial charge on any atom is 0.419 e. The molecule has 1 aromatic heterocycles. The Morgan fingerprint density at radius 1 is 0.926 bits per heavy atom. The van der Waals surface area contributed by atoms with Crippen LogP contribution in [0.3, 0.4) is 0 Å². The van der Waals surface area contributed by atoms with Crippen LogP contribution in [0.2, 0.25) is 0 Å². The number of aromatic nitrogens is 1. The minimum absolute atomic E-state index is 0.00471. The van der Waals surface area contributed by atoms with Crippen LogP contribution in [0.25, 0.3) is 11.1 Å². The lowest BCUT2D eigenvalue weighted by Gasteiger charge is -2.42. The van der Waals surface area contributed by atoms with E-state index in [2.05, 4.69) is 5.32 Å². The van der Waals surface area contributed by atoms with Crippen LogP contribution in [-0.4, -0.2) is 51.8 Å². The largest absolute Gasteiger partial charge is 0.481 e. The van der Waals surface area contributed by atoms with Crippen LogP contribution in [0, 0.1) is 18.6 Å². The minimum Gasteiger partial charge on any atom is -0.481 e. The molecule has 7 nitrogen and oxygen atoms in total. The maximum atomic E-state index is 16.0. The molecular weight excluding hydrogens is 733 g/mol. The van der Waals surface area contributed by atoms with Gasteiger partial charge in [-0.2, -0.15) is 26.3 Å². The molecule has 1 amide bonds. The van der Waals surface area contributed by atoms with Gasteiger partial charge in [-0.25, -0.2) is 13.2 Å². The van der Waals surface area contributed by atoms with Crippen LogP contribution >= 0.6 is 0 Å². The Morgan fingerprint density at radius 3 is 2.20 bits per heavy atom. The highest BCUT2D eigenvalue weighted by Crippen LogP contribution is 2.41. The van der Waals surface area contributed by atoms with E-state index in [1.165, 1.54) is 19.9 Å². The Bertz CT molecular complexity index is 1950. The summed E-state index contributed by atoms with van der Waals surface area (Å²) in [7, 11) is 0. The number of rotatable bonds is 6. The molecule has 2 N–H and O–H groups in total. The second kappa shape index (κ2) is 15.8. The van der Waals surface area contributed by atoms with Gasteiger partial charge in [-0.15, -0.1) is 0 Å². The fourth-order valence-electron chi connectivity index (χ4n) is 7.56. The lowest BCUT2D eigenvalue weighted by atomic mass is 9.87. The zero-order chi connectivity index (χ0) is 39.7. The predicted molar refractivity (Wildman–Crippen MR) is 180 cm³/mol. The monoisotopic (exact) mass is 773 g/mol. The van der Waals surface area contributed by atoms with E-state index in [1.807, 2.05) is 0 Å². The van der Waals surface area contributed by atoms with Crippen LogP contribution in [0.4, 0.5) is 39.5 Å². The molecule has 0 radical (unpaired) electrons. The molecule has 3 heterocycles. The van der Waals surface area contributed by atoms with E-state index in [4.69, 9.17) is 0 Å². The molecule has 2 bridgehead atoms. The number of benzene rings is 2. The number of amides is 1. The number of fused-ring (bicyclic) bond motifs is 4. The van der Waals surface area contributed by atoms with Crippen molar-refractivity contribution in [1.82, 2.24) is 14.8 Å². The molecule has 54 heavy (non-hydrogen) atoms. The van der Waals surface area contributed by atoms with E-state index < -0.39 is 82.3 Å². The van der Waals surface area contributed by atoms with Crippen LogP contribution in [0.1, 0.15) is 97.3 Å². The number of carboxylic acids is 1. The Kier molecular flexibility index (Phi) is 11.9. The summed E-state index contributed by atoms with van der Waals surface area (Å²) in [4.78, 5) is 41.1. The lowest BCUT2D eigenvalue weighted by Crippen LogP contribution is -2.57. The second-order valence-corrected chi connectivity index (χ2v) is 14.5. The van der Waals surface area contributed by atoms with Gasteiger partial charge in [-0.1, -0.05) is 25.7 Å². The second-order valence-electron chi connectivity index (χ2n) is 14.5. The van der Waals surface area contributed by atoms with Gasteiger partial charge < -0.3 is 15.0 Å². The molecule has 0 saturated carbocycles. The molecule has 0 spiro atoms. The van der Waals surface area contributed by atoms with Gasteiger partial charge in [0.2, 0.25) is 5.91 Å². The average Bonchev–Trinajstić information content (AvgIpc) is 3.02. The Balaban J connectivity index is 1.64. The van der Waals surface area contributed by atoms with Crippen molar-refractivity contribution in [3.05, 3.63) is 91.9 Å². The zero-order valence-corrected chi connectivity index (χ0v) is 29.6. The van der Waals surface area contributed by atoms with Gasteiger partial charge in [0.1, 0.15) is 23.3 Å². The summed E-state index contributed by atoms with van der Waals surface area (Å²) in [6.07, 6.45) is -8.29. The summed E-state index contributed by atoms with van der Waals surface area (Å²) in [5.41, 5.74) is -6.35. The van der Waals surface area contributed by atoms with Crippen molar-refractivity contribution in [1.29, 1.82) is 0 Å². The first-order valence-corrected chi connectivity index (χ1v) is 17.6. The number of nitrogens with zero attached hydrogens (tertiary/aromatic N) is 2. The Hall–Kier alpha value is -4.34. The minimum atomic E-state index is -5.28. The molecule has 1 fully saturated rings. The number of nitrogens with one attached hydrogen (secondary N) is 1. The van der Waals surface area contributed by atoms with Gasteiger partial charge >= 0.3 is 18.3 Å². The predicted octanol–water partition coefficient (Wildman–Crippen LogP) is 8.50. The van der Waals surface area contributed by atoms with Gasteiger partial charge in [0, 0.05) is 37.5 Å². The first-order valence-electron chi connectivity index (χ1n) is 17.6. The van der Waals surface area contributed by atoms with Crippen molar-refractivity contribution in [2.24, 2.45) is 0 Å². The summed E-state index contributed by atoms with van der Waals surface area (Å²) >= 11 is 0. The van der Waals surface area contributed by atoms with Crippen LogP contribution in [0.5, 0.6) is 0 Å². The summed E-state index contributed by atoms with van der Waals surface area (Å²) < 4.78 is 131. The SMILES string of the molecule is Cc1cc(F)cc2c1-c1cc(c(F)c(C(F)(F)F)c1)[C@H](CC(=O)O)NC(=O)[C@@H](n1cc(CCN3CC(C)(F)C3)c(C(F)(F)F)cc1=O)CCCCCCC2. The average molecular weight is 774 g/mol. The third-order valence-electron chi connectivity index (χ3n) is 9.98. The third kappa shape index (κ3) is 9.47. The molecule has 16 heteroatoms. The normalized spacial score (nSPS) is 20.2. The molecule has 2 aromatic carbocycles. The molecule has 0 aliphatic carbocycles. The highest BCUT2D eigenvalue weighted by atomic mass is 19.4. The van der Waals surface area contributed by atoms with E-state index >= 15 is 4.39 Å². The first kappa shape index (κ1) is 40.8. The number of carbonyl (C=O) groups is 2.